The maximum Gasteiger partial charge on any atom is 0.278 e. The number of benzene rings is 2. The molecule has 0 atom stereocenters. The minimum atomic E-state index is -0.149. The summed E-state index contributed by atoms with van der Waals surface area (Å²) in [6.45, 7) is 2.12. The first kappa shape index (κ1) is 17.7. The number of hydrogen-bond acceptors (Lipinski definition) is 5. The zero-order valence-corrected chi connectivity index (χ0v) is 15.3. The lowest BCUT2D eigenvalue weighted by atomic mass is 10.2. The lowest BCUT2D eigenvalue weighted by Gasteiger charge is -2.16. The maximum absolute atomic E-state index is 12.8. The second kappa shape index (κ2) is 7.48. The van der Waals surface area contributed by atoms with Crippen molar-refractivity contribution in [3.63, 3.8) is 0 Å². The van der Waals surface area contributed by atoms with Crippen LogP contribution in [0.4, 0.5) is 22.9 Å². The molecule has 0 radical (unpaired) electrons. The van der Waals surface area contributed by atoms with Gasteiger partial charge in [-0.2, -0.15) is 0 Å². The highest BCUT2D eigenvalue weighted by Gasteiger charge is 2.26. The predicted molar refractivity (Wildman–Crippen MR) is 108 cm³/mol. The first-order valence-corrected chi connectivity index (χ1v) is 8.96. The number of anilines is 4. The zero-order chi connectivity index (χ0) is 19.5. The summed E-state index contributed by atoms with van der Waals surface area (Å²) in [5.41, 5.74) is 3.94. The number of carbonyl (C=O) groups is 2. The molecule has 2 amide bonds. The number of para-hydroxylation sites is 1. The van der Waals surface area contributed by atoms with Crippen molar-refractivity contribution < 1.29 is 9.59 Å². The van der Waals surface area contributed by atoms with E-state index in [9.17, 15) is 9.59 Å². The van der Waals surface area contributed by atoms with E-state index in [0.29, 0.717) is 18.1 Å². The number of carbonyl (C=O) groups excluding carboxylic acids is 2. The van der Waals surface area contributed by atoms with E-state index in [4.69, 9.17) is 0 Å². The molecule has 0 bridgehead atoms. The van der Waals surface area contributed by atoms with Crippen molar-refractivity contribution in [2.45, 2.75) is 13.3 Å². The molecule has 2 aromatic carbocycles. The van der Waals surface area contributed by atoms with Gasteiger partial charge in [0.15, 0.2) is 0 Å². The van der Waals surface area contributed by atoms with Crippen molar-refractivity contribution in [3.05, 3.63) is 72.2 Å². The molecule has 0 aliphatic carbocycles. The molecule has 7 heteroatoms. The molecule has 1 aromatic heterocycles. The molecule has 4 rings (SSSR count). The van der Waals surface area contributed by atoms with Crippen molar-refractivity contribution in [1.82, 2.24) is 9.97 Å². The molecule has 0 fully saturated rings. The molecule has 28 heavy (non-hydrogen) atoms. The third-order valence-electron chi connectivity index (χ3n) is 4.48. The van der Waals surface area contributed by atoms with Gasteiger partial charge >= 0.3 is 0 Å². The normalized spacial score (nSPS) is 12.4. The third-order valence-corrected chi connectivity index (χ3v) is 4.48. The van der Waals surface area contributed by atoms with Gasteiger partial charge in [0.1, 0.15) is 11.5 Å². The fourth-order valence-corrected chi connectivity index (χ4v) is 3.18. The van der Waals surface area contributed by atoms with E-state index in [-0.39, 0.29) is 11.8 Å². The molecule has 3 aromatic rings. The second-order valence-corrected chi connectivity index (χ2v) is 6.51. The maximum atomic E-state index is 12.8. The van der Waals surface area contributed by atoms with Gasteiger partial charge in [0, 0.05) is 30.5 Å². The molecule has 1 aliphatic rings. The smallest absolute Gasteiger partial charge is 0.278 e. The van der Waals surface area contributed by atoms with Gasteiger partial charge in [0.2, 0.25) is 5.91 Å². The van der Waals surface area contributed by atoms with Gasteiger partial charge in [-0.1, -0.05) is 18.2 Å². The summed E-state index contributed by atoms with van der Waals surface area (Å²) in [5, 5.41) is 5.84. The first-order valence-electron chi connectivity index (χ1n) is 8.96. The molecular weight excluding hydrogens is 354 g/mol. The van der Waals surface area contributed by atoms with Crippen LogP contribution in [-0.4, -0.2) is 28.3 Å². The van der Waals surface area contributed by atoms with E-state index in [1.165, 1.54) is 24.9 Å². The summed E-state index contributed by atoms with van der Waals surface area (Å²) in [7, 11) is 0. The standard InChI is InChI=1S/C21H19N5O2/c1-14(27)24-16-6-8-17(9-7-16)25-20-13-22-18(12-23-20)21(28)26-11-10-15-4-2-3-5-19(15)26/h2-9,12-13H,10-11H2,1H3,(H,23,25)(H,24,27). The Labute approximate surface area is 162 Å². The topological polar surface area (TPSA) is 87.2 Å². The van der Waals surface area contributed by atoms with Gasteiger partial charge in [-0.25, -0.2) is 9.97 Å². The van der Waals surface area contributed by atoms with Crippen LogP contribution in [0, 0.1) is 0 Å². The van der Waals surface area contributed by atoms with E-state index in [2.05, 4.69) is 20.6 Å². The van der Waals surface area contributed by atoms with Gasteiger partial charge in [-0.05, 0) is 42.3 Å². The minimum absolute atomic E-state index is 0.118. The number of hydrogen-bond donors (Lipinski definition) is 2. The quantitative estimate of drug-likeness (QED) is 0.732. The van der Waals surface area contributed by atoms with Gasteiger partial charge in [-0.15, -0.1) is 0 Å². The minimum Gasteiger partial charge on any atom is -0.339 e. The van der Waals surface area contributed by atoms with Crippen LogP contribution in [0.1, 0.15) is 23.0 Å². The number of nitrogens with one attached hydrogen (secondary N) is 2. The van der Waals surface area contributed by atoms with Gasteiger partial charge in [0.05, 0.1) is 12.4 Å². The van der Waals surface area contributed by atoms with Crippen LogP contribution in [0.15, 0.2) is 60.9 Å². The van der Waals surface area contributed by atoms with Crippen LogP contribution in [0.5, 0.6) is 0 Å². The van der Waals surface area contributed by atoms with Crippen LogP contribution in [0.25, 0.3) is 0 Å². The van der Waals surface area contributed by atoms with Crippen molar-refractivity contribution in [1.29, 1.82) is 0 Å². The average molecular weight is 373 g/mol. The summed E-state index contributed by atoms with van der Waals surface area (Å²) in [6, 6.07) is 15.1. The molecule has 0 saturated carbocycles. The Morgan fingerprint density at radius 1 is 0.964 bits per heavy atom. The SMILES string of the molecule is CC(=O)Nc1ccc(Nc2cnc(C(=O)N3CCc4ccccc43)cn2)cc1. The monoisotopic (exact) mass is 373 g/mol. The highest BCUT2D eigenvalue weighted by molar-refractivity contribution is 6.05. The summed E-state index contributed by atoms with van der Waals surface area (Å²) in [6.07, 6.45) is 3.87. The number of nitrogens with zero attached hydrogens (tertiary/aromatic N) is 3. The van der Waals surface area contributed by atoms with Crippen molar-refractivity contribution >= 4 is 34.7 Å². The van der Waals surface area contributed by atoms with Crippen LogP contribution in [0.2, 0.25) is 0 Å². The summed E-state index contributed by atoms with van der Waals surface area (Å²) in [5.74, 6) is 0.266. The van der Waals surface area contributed by atoms with E-state index in [1.54, 1.807) is 17.0 Å². The summed E-state index contributed by atoms with van der Waals surface area (Å²) >= 11 is 0. The molecule has 0 spiro atoms. The predicted octanol–water partition coefficient (Wildman–Crippen LogP) is 3.38. The first-order chi connectivity index (χ1) is 13.6. The lowest BCUT2D eigenvalue weighted by Crippen LogP contribution is -2.29. The largest absolute Gasteiger partial charge is 0.339 e. The molecule has 1 aliphatic heterocycles. The van der Waals surface area contributed by atoms with Crippen molar-refractivity contribution in [2.24, 2.45) is 0 Å². The van der Waals surface area contributed by atoms with Crippen molar-refractivity contribution in [3.8, 4) is 0 Å². The Morgan fingerprint density at radius 2 is 1.71 bits per heavy atom. The molecular formula is C21H19N5O2. The molecule has 7 nitrogen and oxygen atoms in total. The Hall–Kier alpha value is -3.74. The highest BCUT2D eigenvalue weighted by Crippen LogP contribution is 2.28. The van der Waals surface area contributed by atoms with Gasteiger partial charge in [0.25, 0.3) is 5.91 Å². The Balaban J connectivity index is 1.44. The lowest BCUT2D eigenvalue weighted by molar-refractivity contribution is -0.114. The van der Waals surface area contributed by atoms with Crippen LogP contribution in [-0.2, 0) is 11.2 Å². The number of amides is 2. The molecule has 0 saturated heterocycles. The molecule has 2 N–H and O–H groups in total. The molecule has 0 unspecified atom stereocenters. The summed E-state index contributed by atoms with van der Waals surface area (Å²) in [4.78, 5) is 34.2. The van der Waals surface area contributed by atoms with Gasteiger partial charge < -0.3 is 15.5 Å². The second-order valence-electron chi connectivity index (χ2n) is 6.51. The Kier molecular flexibility index (Phi) is 4.72. The molecule has 2 heterocycles. The average Bonchev–Trinajstić information content (AvgIpc) is 3.13. The van der Waals surface area contributed by atoms with Crippen LogP contribution in [0.3, 0.4) is 0 Å². The van der Waals surface area contributed by atoms with Crippen molar-refractivity contribution in [2.75, 3.05) is 22.1 Å². The highest BCUT2D eigenvalue weighted by atomic mass is 16.2. The van der Waals surface area contributed by atoms with E-state index in [0.717, 1.165) is 23.5 Å². The van der Waals surface area contributed by atoms with E-state index >= 15 is 0 Å². The zero-order valence-electron chi connectivity index (χ0n) is 15.3. The third kappa shape index (κ3) is 3.68. The number of fused-ring (bicyclic) bond motifs is 1. The molecule has 140 valence electrons. The number of aromatic nitrogens is 2. The number of rotatable bonds is 4. The summed E-state index contributed by atoms with van der Waals surface area (Å²) < 4.78 is 0. The van der Waals surface area contributed by atoms with E-state index < -0.39 is 0 Å². The fourth-order valence-electron chi connectivity index (χ4n) is 3.18. The fraction of sp³-hybridized carbons (Fsp3) is 0.143. The Morgan fingerprint density at radius 3 is 2.43 bits per heavy atom. The van der Waals surface area contributed by atoms with Crippen LogP contribution >= 0.6 is 0 Å². The van der Waals surface area contributed by atoms with Crippen LogP contribution < -0.4 is 15.5 Å². The van der Waals surface area contributed by atoms with Gasteiger partial charge in [-0.3, -0.25) is 9.59 Å². The Bertz CT molecular complexity index is 1020. The van der Waals surface area contributed by atoms with E-state index in [1.807, 2.05) is 36.4 Å².